The largest absolute Gasteiger partial charge is 0.494 e. The highest BCUT2D eigenvalue weighted by Gasteiger charge is 2.35. The smallest absolute Gasteiger partial charge is 0.322 e. The number of aromatic nitrogens is 2. The molecule has 8 nitrogen and oxygen atoms in total. The van der Waals surface area contributed by atoms with Gasteiger partial charge in [-0.15, -0.1) is 0 Å². The van der Waals surface area contributed by atoms with Crippen LogP contribution in [0.1, 0.15) is 43.3 Å². The molecule has 0 spiro atoms. The summed E-state index contributed by atoms with van der Waals surface area (Å²) >= 11 is 0. The molecule has 2 amide bonds. The van der Waals surface area contributed by atoms with Crippen LogP contribution in [-0.4, -0.2) is 47.9 Å². The van der Waals surface area contributed by atoms with E-state index in [1.807, 2.05) is 69.3 Å². The van der Waals surface area contributed by atoms with E-state index in [1.54, 1.807) is 12.0 Å². The van der Waals surface area contributed by atoms with Crippen LogP contribution in [0.4, 0.5) is 4.79 Å². The number of hydrogen-bond acceptors (Lipinski definition) is 6. The quantitative estimate of drug-likeness (QED) is 0.451. The van der Waals surface area contributed by atoms with E-state index in [4.69, 9.17) is 19.0 Å². The van der Waals surface area contributed by atoms with E-state index >= 15 is 0 Å². The molecule has 4 rings (SSSR count). The van der Waals surface area contributed by atoms with Crippen molar-refractivity contribution in [3.05, 3.63) is 71.2 Å². The number of benzene rings is 2. The van der Waals surface area contributed by atoms with Gasteiger partial charge >= 0.3 is 6.03 Å². The van der Waals surface area contributed by atoms with Crippen LogP contribution in [0, 0.1) is 6.92 Å². The summed E-state index contributed by atoms with van der Waals surface area (Å²) in [6.07, 6.45) is 0.709. The highest BCUT2D eigenvalue weighted by Crippen LogP contribution is 2.37. The lowest BCUT2D eigenvalue weighted by Gasteiger charge is -2.35. The normalized spacial score (nSPS) is 16.1. The van der Waals surface area contributed by atoms with E-state index in [2.05, 4.69) is 10.5 Å². The van der Waals surface area contributed by atoms with Crippen molar-refractivity contribution >= 4 is 11.6 Å². The molecule has 1 N–H and O–H groups in total. The monoisotopic (exact) mass is 462 g/mol. The van der Waals surface area contributed by atoms with Gasteiger partial charge in [0.05, 0.1) is 18.2 Å². The van der Waals surface area contributed by atoms with Crippen molar-refractivity contribution in [2.75, 3.05) is 26.9 Å². The first kappa shape index (κ1) is 23.5. The van der Waals surface area contributed by atoms with Crippen LogP contribution in [0.25, 0.3) is 17.0 Å². The summed E-state index contributed by atoms with van der Waals surface area (Å²) in [7, 11) is 1.65. The number of carbonyl (C=O) groups is 1. The predicted octanol–water partition coefficient (Wildman–Crippen LogP) is 4.98. The van der Waals surface area contributed by atoms with Crippen LogP contribution in [0.15, 0.2) is 58.8 Å². The van der Waals surface area contributed by atoms with Crippen LogP contribution in [0.3, 0.4) is 0 Å². The Morgan fingerprint density at radius 2 is 1.82 bits per heavy atom. The van der Waals surface area contributed by atoms with Crippen molar-refractivity contribution in [3.8, 4) is 17.1 Å². The Bertz CT molecular complexity index is 1150. The fourth-order valence-electron chi connectivity index (χ4n) is 4.02. The molecule has 0 saturated carbocycles. The number of allylic oxidation sites excluding steroid dienone is 1. The van der Waals surface area contributed by atoms with Gasteiger partial charge in [0, 0.05) is 31.5 Å². The first-order valence-electron chi connectivity index (χ1n) is 11.4. The molecule has 2 aromatic carbocycles. The number of aryl methyl sites for hydroxylation is 1. The van der Waals surface area contributed by atoms with Crippen molar-refractivity contribution in [3.63, 3.8) is 0 Å². The molecule has 1 aromatic heterocycles. The molecule has 0 radical (unpaired) electrons. The molecule has 34 heavy (non-hydrogen) atoms. The van der Waals surface area contributed by atoms with E-state index in [0.29, 0.717) is 37.9 Å². The molecular formula is C26H30N4O4. The minimum atomic E-state index is -0.437. The second-order valence-electron chi connectivity index (χ2n) is 8.17. The van der Waals surface area contributed by atoms with Crippen molar-refractivity contribution in [1.29, 1.82) is 0 Å². The van der Waals surface area contributed by atoms with E-state index in [-0.39, 0.29) is 6.03 Å². The van der Waals surface area contributed by atoms with Gasteiger partial charge in [-0.1, -0.05) is 47.1 Å². The molecule has 178 valence electrons. The summed E-state index contributed by atoms with van der Waals surface area (Å²) in [5.74, 6) is 1.66. The lowest BCUT2D eigenvalue weighted by atomic mass is 9.94. The fraction of sp³-hybridized carbons (Fsp3) is 0.346. The molecule has 0 aliphatic carbocycles. The van der Waals surface area contributed by atoms with Crippen LogP contribution >= 0.6 is 0 Å². The maximum atomic E-state index is 13.0. The van der Waals surface area contributed by atoms with Gasteiger partial charge in [0.15, 0.2) is 0 Å². The van der Waals surface area contributed by atoms with Gasteiger partial charge in [0.2, 0.25) is 5.82 Å². The van der Waals surface area contributed by atoms with Crippen molar-refractivity contribution < 1.29 is 18.8 Å². The lowest BCUT2D eigenvalue weighted by molar-refractivity contribution is 0.174. The Morgan fingerprint density at radius 1 is 1.09 bits per heavy atom. The van der Waals surface area contributed by atoms with E-state index in [0.717, 1.165) is 33.7 Å². The average molecular weight is 463 g/mol. The summed E-state index contributed by atoms with van der Waals surface area (Å²) in [4.78, 5) is 19.4. The molecule has 8 heteroatoms. The van der Waals surface area contributed by atoms with Gasteiger partial charge in [-0.2, -0.15) is 4.98 Å². The fourth-order valence-corrected chi connectivity index (χ4v) is 4.02. The second-order valence-corrected chi connectivity index (χ2v) is 8.17. The Morgan fingerprint density at radius 3 is 2.50 bits per heavy atom. The molecule has 3 aromatic rings. The molecule has 2 heterocycles. The first-order valence-corrected chi connectivity index (χ1v) is 11.4. The predicted molar refractivity (Wildman–Crippen MR) is 129 cm³/mol. The van der Waals surface area contributed by atoms with Gasteiger partial charge in [-0.25, -0.2) is 4.79 Å². The molecule has 1 aliphatic heterocycles. The van der Waals surface area contributed by atoms with Crippen molar-refractivity contribution in [1.82, 2.24) is 20.4 Å². The van der Waals surface area contributed by atoms with Gasteiger partial charge in [-0.05, 0) is 44.9 Å². The number of urea groups is 1. The maximum absolute atomic E-state index is 13.0. The van der Waals surface area contributed by atoms with Gasteiger partial charge in [0.1, 0.15) is 5.75 Å². The first-order chi connectivity index (χ1) is 16.5. The van der Waals surface area contributed by atoms with Crippen LogP contribution < -0.4 is 10.1 Å². The van der Waals surface area contributed by atoms with Gasteiger partial charge in [-0.3, -0.25) is 4.90 Å². The van der Waals surface area contributed by atoms with Crippen LogP contribution in [0.5, 0.6) is 5.75 Å². The van der Waals surface area contributed by atoms with Gasteiger partial charge < -0.3 is 19.3 Å². The third-order valence-corrected chi connectivity index (χ3v) is 5.82. The zero-order chi connectivity index (χ0) is 24.1. The van der Waals surface area contributed by atoms with Crippen molar-refractivity contribution in [2.24, 2.45) is 0 Å². The number of nitrogens with zero attached hydrogens (tertiary/aromatic N) is 3. The lowest BCUT2D eigenvalue weighted by Crippen LogP contribution is -2.46. The summed E-state index contributed by atoms with van der Waals surface area (Å²) in [6.45, 7) is 7.56. The number of nitrogens with one attached hydrogen (secondary N) is 1. The minimum Gasteiger partial charge on any atom is -0.494 e. The molecule has 1 unspecified atom stereocenters. The van der Waals surface area contributed by atoms with Gasteiger partial charge in [0.25, 0.3) is 5.89 Å². The van der Waals surface area contributed by atoms with Crippen LogP contribution in [-0.2, 0) is 4.74 Å². The third kappa shape index (κ3) is 4.97. The number of methoxy groups -OCH3 is 1. The third-order valence-electron chi connectivity index (χ3n) is 5.82. The number of rotatable bonds is 9. The number of hydrogen-bond donors (Lipinski definition) is 1. The molecule has 0 fully saturated rings. The summed E-state index contributed by atoms with van der Waals surface area (Å²) in [5, 5.41) is 7.34. The number of carbonyl (C=O) groups excluding carboxylic acids is 1. The molecule has 0 bridgehead atoms. The zero-order valence-electron chi connectivity index (χ0n) is 20.0. The Hall–Kier alpha value is -3.65. The summed E-state index contributed by atoms with van der Waals surface area (Å²) in [6, 6.07) is 15.0. The Kier molecular flexibility index (Phi) is 7.27. The molecule has 1 atom stereocenters. The highest BCUT2D eigenvalue weighted by molar-refractivity contribution is 5.86. The molecule has 1 aliphatic rings. The maximum Gasteiger partial charge on any atom is 0.322 e. The SMILES string of the molecule is CCOc1ccc(C2NC(=O)N(CCCOC)C(C)=C2c2nc(-c3ccc(C)cc3)no2)cc1. The number of amides is 2. The summed E-state index contributed by atoms with van der Waals surface area (Å²) < 4.78 is 16.5. The van der Waals surface area contributed by atoms with E-state index < -0.39 is 6.04 Å². The average Bonchev–Trinajstić information content (AvgIpc) is 3.32. The van der Waals surface area contributed by atoms with Crippen molar-refractivity contribution in [2.45, 2.75) is 33.2 Å². The molecule has 0 saturated heterocycles. The standard InChI is InChI=1S/C26H30N4O4/c1-5-33-21-13-11-19(12-14-21)23-22(18(3)30(26(31)27-23)15-6-16-32-4)25-28-24(29-34-25)20-9-7-17(2)8-10-20/h7-14,23H,5-6,15-16H2,1-4H3,(H,27,31). The zero-order valence-corrected chi connectivity index (χ0v) is 20.0. The van der Waals surface area contributed by atoms with Crippen LogP contribution in [0.2, 0.25) is 0 Å². The Balaban J connectivity index is 1.74. The van der Waals surface area contributed by atoms with E-state index in [1.165, 1.54) is 0 Å². The van der Waals surface area contributed by atoms with E-state index in [9.17, 15) is 4.79 Å². The topological polar surface area (TPSA) is 89.7 Å². The minimum absolute atomic E-state index is 0.172. The molecular weight excluding hydrogens is 432 g/mol. The Labute approximate surface area is 199 Å². The summed E-state index contributed by atoms with van der Waals surface area (Å²) in [5.41, 5.74) is 4.47. The second kappa shape index (κ2) is 10.5. The number of ether oxygens (including phenoxy) is 2. The highest BCUT2D eigenvalue weighted by atomic mass is 16.5.